The van der Waals surface area contributed by atoms with Crippen LogP contribution in [0.3, 0.4) is 0 Å². The van der Waals surface area contributed by atoms with Crippen LogP contribution in [0.25, 0.3) is 0 Å². The fraction of sp³-hybridized carbons (Fsp3) is 0.611. The lowest BCUT2D eigenvalue weighted by molar-refractivity contribution is -0.120. The van der Waals surface area contributed by atoms with Gasteiger partial charge in [-0.05, 0) is 51.1 Å². The topological polar surface area (TPSA) is 69.7 Å². The number of hydrogen-bond acceptors (Lipinski definition) is 4. The molecule has 1 aliphatic heterocycles. The largest absolute Gasteiger partial charge is 0.325 e. The molecule has 1 amide bonds. The fourth-order valence-corrected chi connectivity index (χ4v) is 3.96. The Morgan fingerprint density at radius 3 is 2.32 bits per heavy atom. The first-order valence-electron chi connectivity index (χ1n) is 8.90. The second-order valence-electron chi connectivity index (χ2n) is 6.78. The number of rotatable bonds is 5. The van der Waals surface area contributed by atoms with Crippen LogP contribution in [-0.2, 0) is 14.8 Å². The molecule has 7 heteroatoms. The van der Waals surface area contributed by atoms with Crippen LogP contribution in [0.2, 0.25) is 0 Å². The van der Waals surface area contributed by atoms with Gasteiger partial charge in [-0.2, -0.15) is 0 Å². The minimum absolute atomic E-state index is 0.0972. The van der Waals surface area contributed by atoms with Crippen LogP contribution in [0.15, 0.2) is 29.2 Å². The highest BCUT2D eigenvalue weighted by atomic mass is 32.2. The minimum atomic E-state index is -3.51. The summed E-state index contributed by atoms with van der Waals surface area (Å²) >= 11 is 0. The van der Waals surface area contributed by atoms with Crippen molar-refractivity contribution in [2.45, 2.75) is 50.0 Å². The standard InChI is InChI=1S/C18H29N3O3S/c1-15(21-12-7-5-4-6-8-13-21)18(22)19-16-10-9-11-17(14-16)25(23,24)20(2)3/h9-11,14-15H,4-8,12-13H2,1-3H3,(H,19,22). The van der Waals surface area contributed by atoms with Gasteiger partial charge in [0, 0.05) is 19.8 Å². The summed E-state index contributed by atoms with van der Waals surface area (Å²) in [4.78, 5) is 15.0. The lowest BCUT2D eigenvalue weighted by Crippen LogP contribution is -2.43. The number of carbonyl (C=O) groups is 1. The van der Waals surface area contributed by atoms with Gasteiger partial charge in [-0.15, -0.1) is 0 Å². The zero-order chi connectivity index (χ0) is 18.4. The summed E-state index contributed by atoms with van der Waals surface area (Å²) in [6, 6.07) is 6.17. The van der Waals surface area contributed by atoms with Crippen molar-refractivity contribution in [3.05, 3.63) is 24.3 Å². The average Bonchev–Trinajstić information content (AvgIpc) is 2.54. The summed E-state index contributed by atoms with van der Waals surface area (Å²) < 4.78 is 25.6. The first-order chi connectivity index (χ1) is 11.8. The first kappa shape index (κ1) is 19.9. The lowest BCUT2D eigenvalue weighted by atomic mass is 10.1. The Hall–Kier alpha value is -1.44. The van der Waals surface area contributed by atoms with Gasteiger partial charge in [0.25, 0.3) is 0 Å². The van der Waals surface area contributed by atoms with Crippen LogP contribution in [0.4, 0.5) is 5.69 Å². The van der Waals surface area contributed by atoms with Crippen LogP contribution in [-0.4, -0.2) is 56.8 Å². The van der Waals surface area contributed by atoms with Crippen LogP contribution in [0, 0.1) is 0 Å². The molecule has 1 atom stereocenters. The van der Waals surface area contributed by atoms with E-state index in [1.54, 1.807) is 12.1 Å². The third-order valence-electron chi connectivity index (χ3n) is 4.70. The molecule has 0 spiro atoms. The van der Waals surface area contributed by atoms with E-state index >= 15 is 0 Å². The molecule has 6 nitrogen and oxygen atoms in total. The summed E-state index contributed by atoms with van der Waals surface area (Å²) in [6.45, 7) is 3.78. The number of benzene rings is 1. The van der Waals surface area contributed by atoms with Crippen molar-refractivity contribution >= 4 is 21.6 Å². The lowest BCUT2D eigenvalue weighted by Gasteiger charge is -2.29. The molecule has 1 aromatic carbocycles. The van der Waals surface area contributed by atoms with Gasteiger partial charge >= 0.3 is 0 Å². The zero-order valence-corrected chi connectivity index (χ0v) is 16.2. The number of hydrogen-bond donors (Lipinski definition) is 1. The molecule has 1 unspecified atom stereocenters. The number of likely N-dealkylation sites (tertiary alicyclic amines) is 1. The monoisotopic (exact) mass is 367 g/mol. The van der Waals surface area contributed by atoms with Gasteiger partial charge in [-0.3, -0.25) is 9.69 Å². The van der Waals surface area contributed by atoms with E-state index in [4.69, 9.17) is 0 Å². The normalized spacial score (nSPS) is 18.4. The summed E-state index contributed by atoms with van der Waals surface area (Å²) in [5, 5.41) is 2.86. The number of nitrogens with one attached hydrogen (secondary N) is 1. The highest BCUT2D eigenvalue weighted by Gasteiger charge is 2.22. The second-order valence-corrected chi connectivity index (χ2v) is 8.94. The predicted molar refractivity (Wildman–Crippen MR) is 100 cm³/mol. The molecule has 140 valence electrons. The number of anilines is 1. The Bertz CT molecular complexity index is 681. The molecule has 0 aliphatic carbocycles. The van der Waals surface area contributed by atoms with Crippen molar-refractivity contribution in [1.29, 1.82) is 0 Å². The highest BCUT2D eigenvalue weighted by molar-refractivity contribution is 7.89. The maximum absolute atomic E-state index is 12.6. The number of amides is 1. The van der Waals surface area contributed by atoms with Gasteiger partial charge in [0.2, 0.25) is 15.9 Å². The molecule has 1 fully saturated rings. The Balaban J connectivity index is 2.07. The smallest absolute Gasteiger partial charge is 0.242 e. The third-order valence-corrected chi connectivity index (χ3v) is 6.51. The Morgan fingerprint density at radius 2 is 1.72 bits per heavy atom. The fourth-order valence-electron chi connectivity index (χ4n) is 3.02. The van der Waals surface area contributed by atoms with E-state index in [-0.39, 0.29) is 16.8 Å². The molecule has 0 radical (unpaired) electrons. The van der Waals surface area contributed by atoms with Crippen molar-refractivity contribution in [2.75, 3.05) is 32.5 Å². The van der Waals surface area contributed by atoms with Gasteiger partial charge in [-0.25, -0.2) is 12.7 Å². The Morgan fingerprint density at radius 1 is 1.12 bits per heavy atom. The van der Waals surface area contributed by atoms with Crippen LogP contribution >= 0.6 is 0 Å². The second kappa shape index (κ2) is 8.78. The van der Waals surface area contributed by atoms with E-state index < -0.39 is 10.0 Å². The van der Waals surface area contributed by atoms with E-state index in [0.717, 1.165) is 30.2 Å². The van der Waals surface area contributed by atoms with Gasteiger partial charge in [-0.1, -0.05) is 25.3 Å². The molecule has 0 bridgehead atoms. The maximum Gasteiger partial charge on any atom is 0.242 e. The van der Waals surface area contributed by atoms with E-state index in [9.17, 15) is 13.2 Å². The van der Waals surface area contributed by atoms with Crippen molar-refractivity contribution in [3.63, 3.8) is 0 Å². The van der Waals surface area contributed by atoms with Crippen LogP contribution in [0.5, 0.6) is 0 Å². The van der Waals surface area contributed by atoms with Crippen molar-refractivity contribution in [2.24, 2.45) is 0 Å². The molecule has 25 heavy (non-hydrogen) atoms. The number of carbonyl (C=O) groups excluding carboxylic acids is 1. The van der Waals surface area contributed by atoms with Crippen molar-refractivity contribution in [3.8, 4) is 0 Å². The molecule has 1 heterocycles. The molecular weight excluding hydrogens is 338 g/mol. The van der Waals surface area contributed by atoms with Gasteiger partial charge in [0.05, 0.1) is 10.9 Å². The molecule has 0 aromatic heterocycles. The number of nitrogens with zero attached hydrogens (tertiary/aromatic N) is 2. The van der Waals surface area contributed by atoms with Crippen LogP contribution in [0.1, 0.15) is 39.0 Å². The number of sulfonamides is 1. The zero-order valence-electron chi connectivity index (χ0n) is 15.4. The van der Waals surface area contributed by atoms with Gasteiger partial charge in [0.15, 0.2) is 0 Å². The van der Waals surface area contributed by atoms with Crippen molar-refractivity contribution in [1.82, 2.24) is 9.21 Å². The van der Waals surface area contributed by atoms with Crippen LogP contribution < -0.4 is 5.32 Å². The first-order valence-corrected chi connectivity index (χ1v) is 10.3. The SMILES string of the molecule is CC(C(=O)Nc1cccc(S(=O)(=O)N(C)C)c1)N1CCCCCCC1. The van der Waals surface area contributed by atoms with Crippen molar-refractivity contribution < 1.29 is 13.2 Å². The summed E-state index contributed by atoms with van der Waals surface area (Å²) in [5.74, 6) is -0.0972. The summed E-state index contributed by atoms with van der Waals surface area (Å²) in [7, 11) is -0.532. The van der Waals surface area contributed by atoms with E-state index in [1.165, 1.54) is 45.5 Å². The molecule has 0 saturated carbocycles. The van der Waals surface area contributed by atoms with E-state index in [0.29, 0.717) is 5.69 Å². The highest BCUT2D eigenvalue weighted by Crippen LogP contribution is 2.19. The van der Waals surface area contributed by atoms with E-state index in [1.807, 2.05) is 6.92 Å². The molecular formula is C18H29N3O3S. The molecule has 2 rings (SSSR count). The summed E-state index contributed by atoms with van der Waals surface area (Å²) in [5.41, 5.74) is 0.506. The predicted octanol–water partition coefficient (Wildman–Crippen LogP) is 2.53. The Kier molecular flexibility index (Phi) is 6.98. The average molecular weight is 368 g/mol. The molecule has 1 aliphatic rings. The van der Waals surface area contributed by atoms with Gasteiger partial charge in [0.1, 0.15) is 0 Å². The molecule has 1 N–H and O–H groups in total. The van der Waals surface area contributed by atoms with E-state index in [2.05, 4.69) is 10.2 Å². The summed E-state index contributed by atoms with van der Waals surface area (Å²) in [6.07, 6.45) is 5.95. The maximum atomic E-state index is 12.6. The van der Waals surface area contributed by atoms with Gasteiger partial charge < -0.3 is 5.32 Å². The molecule has 1 saturated heterocycles. The molecule has 1 aromatic rings. The Labute approximate surface area is 151 Å². The minimum Gasteiger partial charge on any atom is -0.325 e. The third kappa shape index (κ3) is 5.26. The quantitative estimate of drug-likeness (QED) is 0.868.